The molecule has 1 amide bonds. The molecule has 1 aromatic heterocycles. The van der Waals surface area contributed by atoms with Crippen molar-refractivity contribution in [3.8, 4) is 0 Å². The van der Waals surface area contributed by atoms with Crippen molar-refractivity contribution in [1.82, 2.24) is 9.97 Å². The fourth-order valence-electron chi connectivity index (χ4n) is 3.62. The van der Waals surface area contributed by atoms with Crippen molar-refractivity contribution in [3.63, 3.8) is 0 Å². The first-order valence-corrected chi connectivity index (χ1v) is 10.1. The van der Waals surface area contributed by atoms with Crippen molar-refractivity contribution >= 4 is 41.0 Å². The van der Waals surface area contributed by atoms with Gasteiger partial charge in [0.25, 0.3) is 0 Å². The second kappa shape index (κ2) is 7.64. The van der Waals surface area contributed by atoms with Crippen LogP contribution in [0.25, 0.3) is 11.6 Å². The number of carbonyl (C=O) groups is 1. The van der Waals surface area contributed by atoms with Gasteiger partial charge in [-0.25, -0.2) is 14.2 Å². The zero-order valence-electron chi connectivity index (χ0n) is 18.2. The quantitative estimate of drug-likeness (QED) is 0.771. The third-order valence-corrected chi connectivity index (χ3v) is 4.91. The van der Waals surface area contributed by atoms with Gasteiger partial charge in [-0.2, -0.15) is 4.98 Å². The number of nitrogens with zero attached hydrogens (tertiary/aromatic N) is 4. The lowest BCUT2D eigenvalue weighted by Crippen LogP contribution is -2.33. The van der Waals surface area contributed by atoms with Crippen LogP contribution < -0.4 is 15.5 Å². The highest BCUT2D eigenvalue weighted by atomic mass is 19.1. The van der Waals surface area contributed by atoms with Crippen molar-refractivity contribution in [2.24, 2.45) is 4.99 Å². The van der Waals surface area contributed by atoms with Crippen molar-refractivity contribution in [1.29, 1.82) is 0 Å². The largest absolute Gasteiger partial charge is 0.444 e. The number of aryl methyl sites for hydroxylation is 1. The highest BCUT2D eigenvalue weighted by molar-refractivity contribution is 6.36. The topological polar surface area (TPSA) is 91.7 Å². The first-order valence-electron chi connectivity index (χ1n) is 10.1. The lowest BCUT2D eigenvalue weighted by Gasteiger charge is -2.28. The number of hydrogen-bond acceptors (Lipinski definition) is 7. The minimum Gasteiger partial charge on any atom is -0.444 e. The number of carbonyl (C=O) groups excluding carboxylic acids is 1. The number of amidine groups is 1. The van der Waals surface area contributed by atoms with Crippen LogP contribution >= 0.6 is 0 Å². The van der Waals surface area contributed by atoms with Crippen LogP contribution in [-0.2, 0) is 4.74 Å². The molecule has 0 atom stereocenters. The van der Waals surface area contributed by atoms with Gasteiger partial charge in [0.1, 0.15) is 17.3 Å². The molecule has 2 N–H and O–H groups in total. The maximum atomic E-state index is 15.6. The second-order valence-corrected chi connectivity index (χ2v) is 8.38. The van der Waals surface area contributed by atoms with Crippen LogP contribution in [-0.4, -0.2) is 47.6 Å². The molecule has 1 aromatic carbocycles. The molecule has 3 heterocycles. The van der Waals surface area contributed by atoms with E-state index in [0.29, 0.717) is 36.0 Å². The Bertz CT molecular complexity index is 1120. The number of anilines is 3. The van der Waals surface area contributed by atoms with Crippen LogP contribution in [0, 0.1) is 12.7 Å². The van der Waals surface area contributed by atoms with Crippen molar-refractivity contribution in [2.75, 3.05) is 35.7 Å². The van der Waals surface area contributed by atoms with Crippen molar-refractivity contribution < 1.29 is 13.9 Å². The number of fused-ring (bicyclic) bond motifs is 3. The van der Waals surface area contributed by atoms with Crippen LogP contribution in [0.1, 0.15) is 37.5 Å². The summed E-state index contributed by atoms with van der Waals surface area (Å²) in [5, 5.41) is 5.46. The number of benzene rings is 1. The van der Waals surface area contributed by atoms with Gasteiger partial charge in [-0.1, -0.05) is 6.07 Å². The summed E-state index contributed by atoms with van der Waals surface area (Å²) in [5.41, 5.74) is 1.88. The van der Waals surface area contributed by atoms with Gasteiger partial charge in [0.15, 0.2) is 5.82 Å². The smallest absolute Gasteiger partial charge is 0.412 e. The molecule has 2 aliphatic heterocycles. The average Bonchev–Trinajstić information content (AvgIpc) is 3.19. The summed E-state index contributed by atoms with van der Waals surface area (Å²) in [7, 11) is 1.76. The van der Waals surface area contributed by atoms with Crippen molar-refractivity contribution in [3.05, 3.63) is 40.8 Å². The van der Waals surface area contributed by atoms with Gasteiger partial charge in [-0.05, 0) is 45.4 Å². The number of amides is 1. The first-order chi connectivity index (χ1) is 14.7. The molecular weight excluding hydrogens is 399 g/mol. The van der Waals surface area contributed by atoms with Gasteiger partial charge in [-0.15, -0.1) is 0 Å². The lowest BCUT2D eigenvalue weighted by molar-refractivity contribution is 0.0635. The summed E-state index contributed by atoms with van der Waals surface area (Å²) in [5.74, 6) is 1.36. The van der Waals surface area contributed by atoms with Gasteiger partial charge in [-0.3, -0.25) is 10.3 Å². The maximum Gasteiger partial charge on any atom is 0.412 e. The standard InChI is InChI=1S/C22H25FN6O2/c1-12-6-7-15(27-21(30)31-22(2,3)4)17(23)16(12)14-10-13-11-26-20(24-5)28-18(13)29-9-8-25-19(14)29/h6-7,10-11H,8-9H2,1-5H3,(H,27,30)(H,24,26,28). The molecule has 9 heteroatoms. The normalized spacial score (nSPS) is 15.0. The Hall–Kier alpha value is -3.49. The number of ether oxygens (including phenoxy) is 1. The first kappa shape index (κ1) is 20.8. The third kappa shape index (κ3) is 3.95. The van der Waals surface area contributed by atoms with Gasteiger partial charge >= 0.3 is 6.09 Å². The SMILES string of the molecule is CNc1ncc2c(n1)N1CCN=C1C(c1c(C)ccc(NC(=O)OC(C)(C)C)c1F)=C2. The number of halogens is 1. The molecule has 8 nitrogen and oxygen atoms in total. The Morgan fingerprint density at radius 2 is 2.06 bits per heavy atom. The van der Waals surface area contributed by atoms with Gasteiger partial charge in [0, 0.05) is 36.5 Å². The Morgan fingerprint density at radius 1 is 1.29 bits per heavy atom. The summed E-state index contributed by atoms with van der Waals surface area (Å²) in [6, 6.07) is 3.30. The molecule has 31 heavy (non-hydrogen) atoms. The van der Waals surface area contributed by atoms with E-state index in [1.807, 2.05) is 17.9 Å². The predicted molar refractivity (Wildman–Crippen MR) is 120 cm³/mol. The molecule has 0 bridgehead atoms. The highest BCUT2D eigenvalue weighted by Crippen LogP contribution is 2.38. The molecule has 0 aliphatic carbocycles. The molecule has 2 aliphatic rings. The maximum absolute atomic E-state index is 15.6. The number of aromatic nitrogens is 2. The number of nitrogens with one attached hydrogen (secondary N) is 2. The Kier molecular flexibility index (Phi) is 5.12. The molecule has 162 valence electrons. The summed E-state index contributed by atoms with van der Waals surface area (Å²) in [6.07, 6.45) is 2.84. The number of hydrogen-bond donors (Lipinski definition) is 2. The molecule has 4 rings (SSSR count). The molecule has 0 spiro atoms. The third-order valence-electron chi connectivity index (χ3n) is 4.91. The number of rotatable bonds is 3. The predicted octanol–water partition coefficient (Wildman–Crippen LogP) is 4.09. The Balaban J connectivity index is 1.78. The molecule has 0 unspecified atom stereocenters. The van der Waals surface area contributed by atoms with Crippen LogP contribution in [0.4, 0.5) is 26.6 Å². The Labute approximate surface area is 180 Å². The lowest BCUT2D eigenvalue weighted by atomic mass is 9.94. The van der Waals surface area contributed by atoms with E-state index in [1.54, 1.807) is 40.1 Å². The van der Waals surface area contributed by atoms with Crippen LogP contribution in [0.2, 0.25) is 0 Å². The summed E-state index contributed by atoms with van der Waals surface area (Å²) in [6.45, 7) is 8.32. The molecule has 0 fully saturated rings. The molecule has 0 saturated carbocycles. The van der Waals surface area contributed by atoms with Gasteiger partial charge < -0.3 is 15.0 Å². The fraction of sp³-hybridized carbons (Fsp3) is 0.364. The van der Waals surface area contributed by atoms with E-state index in [9.17, 15) is 4.79 Å². The molecule has 0 radical (unpaired) electrons. The summed E-state index contributed by atoms with van der Waals surface area (Å²) < 4.78 is 20.9. The highest BCUT2D eigenvalue weighted by Gasteiger charge is 2.33. The minimum atomic E-state index is -0.711. The van der Waals surface area contributed by atoms with Crippen molar-refractivity contribution in [2.45, 2.75) is 33.3 Å². The van der Waals surface area contributed by atoms with E-state index in [1.165, 1.54) is 6.07 Å². The van der Waals surface area contributed by atoms with E-state index < -0.39 is 17.5 Å². The van der Waals surface area contributed by atoms with E-state index in [4.69, 9.17) is 4.74 Å². The zero-order valence-corrected chi connectivity index (χ0v) is 18.2. The van der Waals surface area contributed by atoms with E-state index in [-0.39, 0.29) is 5.69 Å². The fourth-order valence-corrected chi connectivity index (χ4v) is 3.62. The van der Waals surface area contributed by atoms with E-state index in [2.05, 4.69) is 25.6 Å². The number of aliphatic imine (C=N–C) groups is 1. The van der Waals surface area contributed by atoms with Crippen LogP contribution in [0.15, 0.2) is 23.3 Å². The monoisotopic (exact) mass is 424 g/mol. The van der Waals surface area contributed by atoms with Gasteiger partial charge in [0.2, 0.25) is 5.95 Å². The summed E-state index contributed by atoms with van der Waals surface area (Å²) in [4.78, 5) is 27.6. The molecule has 2 aromatic rings. The Morgan fingerprint density at radius 3 is 2.77 bits per heavy atom. The van der Waals surface area contributed by atoms with E-state index >= 15 is 4.39 Å². The summed E-state index contributed by atoms with van der Waals surface area (Å²) >= 11 is 0. The van der Waals surface area contributed by atoms with Crippen LogP contribution in [0.3, 0.4) is 0 Å². The molecular formula is C22H25FN6O2. The van der Waals surface area contributed by atoms with Crippen LogP contribution in [0.5, 0.6) is 0 Å². The zero-order chi connectivity index (χ0) is 22.3. The van der Waals surface area contributed by atoms with Gasteiger partial charge in [0.05, 0.1) is 12.2 Å². The second-order valence-electron chi connectivity index (χ2n) is 8.38. The van der Waals surface area contributed by atoms with E-state index in [0.717, 1.165) is 16.9 Å². The minimum absolute atomic E-state index is 0.0495. The average molecular weight is 424 g/mol. The molecule has 0 saturated heterocycles.